The number of carbonyl (C=O) groups excluding carboxylic acids is 1. The molecule has 2 N–H and O–H groups in total. The van der Waals surface area contributed by atoms with Gasteiger partial charge in [0.2, 0.25) is 5.91 Å². The number of fused-ring (bicyclic) bond motifs is 1. The Balaban J connectivity index is 1.89. The van der Waals surface area contributed by atoms with Gasteiger partial charge in [-0.1, -0.05) is 38.8 Å². The van der Waals surface area contributed by atoms with Gasteiger partial charge in [0.15, 0.2) is 0 Å². The topological polar surface area (TPSA) is 71.3 Å². The third-order valence-corrected chi connectivity index (χ3v) is 5.10. The van der Waals surface area contributed by atoms with E-state index in [0.29, 0.717) is 0 Å². The van der Waals surface area contributed by atoms with Crippen molar-refractivity contribution in [2.75, 3.05) is 5.32 Å². The van der Waals surface area contributed by atoms with E-state index in [2.05, 4.69) is 12.2 Å². The van der Waals surface area contributed by atoms with E-state index in [-0.39, 0.29) is 17.4 Å². The average Bonchev–Trinajstić information content (AvgIpc) is 3.12. The van der Waals surface area contributed by atoms with E-state index in [1.54, 1.807) is 18.2 Å². The quantitative estimate of drug-likeness (QED) is 0.545. The monoisotopic (exact) mass is 378 g/mol. The highest BCUT2D eigenvalue weighted by molar-refractivity contribution is 5.95. The molecule has 0 aliphatic carbocycles. The molecule has 3 rings (SSSR count). The summed E-state index contributed by atoms with van der Waals surface area (Å²) < 4.78 is 1.94. The summed E-state index contributed by atoms with van der Waals surface area (Å²) in [5.74, 6) is -0.875. The molecular formula is C23H26N2O3. The number of hydrogen-bond donors (Lipinski definition) is 2. The predicted octanol–water partition coefficient (Wildman–Crippen LogP) is 5.48. The summed E-state index contributed by atoms with van der Waals surface area (Å²) in [6, 6.07) is 14.6. The highest BCUT2D eigenvalue weighted by Crippen LogP contribution is 2.25. The Hall–Kier alpha value is -3.08. The first-order valence-electron chi connectivity index (χ1n) is 9.79. The molecule has 0 aliphatic heterocycles. The Morgan fingerprint density at radius 2 is 1.93 bits per heavy atom. The van der Waals surface area contributed by atoms with Crippen LogP contribution in [-0.2, 0) is 4.79 Å². The van der Waals surface area contributed by atoms with Crippen LogP contribution in [0.25, 0.3) is 16.6 Å². The number of anilines is 1. The fraction of sp³-hybridized carbons (Fsp3) is 0.304. The lowest BCUT2D eigenvalue weighted by molar-refractivity contribution is -0.120. The first-order chi connectivity index (χ1) is 13.5. The van der Waals surface area contributed by atoms with Crippen LogP contribution in [0.15, 0.2) is 54.7 Å². The van der Waals surface area contributed by atoms with Crippen molar-refractivity contribution in [1.82, 2.24) is 4.57 Å². The fourth-order valence-electron chi connectivity index (χ4n) is 3.44. The molecule has 0 bridgehead atoms. The van der Waals surface area contributed by atoms with E-state index in [1.807, 2.05) is 48.0 Å². The number of amides is 1. The van der Waals surface area contributed by atoms with E-state index >= 15 is 0 Å². The van der Waals surface area contributed by atoms with Crippen LogP contribution in [-0.4, -0.2) is 21.6 Å². The van der Waals surface area contributed by atoms with E-state index < -0.39 is 5.97 Å². The smallest absolute Gasteiger partial charge is 0.335 e. The molecule has 146 valence electrons. The third kappa shape index (κ3) is 4.25. The predicted molar refractivity (Wildman–Crippen MR) is 112 cm³/mol. The number of hydrogen-bond acceptors (Lipinski definition) is 2. The zero-order valence-corrected chi connectivity index (χ0v) is 16.3. The molecule has 2 aromatic carbocycles. The maximum atomic E-state index is 12.6. The molecule has 28 heavy (non-hydrogen) atoms. The van der Waals surface area contributed by atoms with Crippen LogP contribution in [0, 0.1) is 5.92 Å². The van der Waals surface area contributed by atoms with Crippen molar-refractivity contribution in [2.45, 2.75) is 39.5 Å². The maximum Gasteiger partial charge on any atom is 0.335 e. The van der Waals surface area contributed by atoms with E-state index in [4.69, 9.17) is 0 Å². The molecule has 3 aromatic rings. The summed E-state index contributed by atoms with van der Waals surface area (Å²) in [6.45, 7) is 4.18. The molecule has 5 heteroatoms. The molecule has 0 aliphatic rings. The lowest BCUT2D eigenvalue weighted by Gasteiger charge is -2.15. The second-order valence-electron chi connectivity index (χ2n) is 7.05. The van der Waals surface area contributed by atoms with Gasteiger partial charge in [-0.25, -0.2) is 4.79 Å². The number of carbonyl (C=O) groups is 2. The van der Waals surface area contributed by atoms with Gasteiger partial charge in [-0.05, 0) is 49.2 Å². The highest BCUT2D eigenvalue weighted by Gasteiger charge is 2.16. The normalized spacial score (nSPS) is 12.1. The van der Waals surface area contributed by atoms with Crippen molar-refractivity contribution in [3.63, 3.8) is 0 Å². The number of carboxylic acids is 1. The molecule has 1 heterocycles. The van der Waals surface area contributed by atoms with Crippen LogP contribution in [0.2, 0.25) is 0 Å². The maximum absolute atomic E-state index is 12.6. The zero-order valence-electron chi connectivity index (χ0n) is 16.3. The Morgan fingerprint density at radius 1 is 1.11 bits per heavy atom. The Kier molecular flexibility index (Phi) is 6.14. The summed E-state index contributed by atoms with van der Waals surface area (Å²) in [6.07, 6.45) is 5.77. The molecular weight excluding hydrogens is 352 g/mol. The van der Waals surface area contributed by atoms with Crippen LogP contribution in [0.1, 0.15) is 49.9 Å². The van der Waals surface area contributed by atoms with Crippen molar-refractivity contribution >= 4 is 28.5 Å². The minimum Gasteiger partial charge on any atom is -0.478 e. The van der Waals surface area contributed by atoms with Crippen molar-refractivity contribution in [1.29, 1.82) is 0 Å². The van der Waals surface area contributed by atoms with Gasteiger partial charge >= 0.3 is 5.97 Å². The number of nitrogens with one attached hydrogen (secondary N) is 1. The van der Waals surface area contributed by atoms with Gasteiger partial charge in [-0.2, -0.15) is 0 Å². The molecule has 1 unspecified atom stereocenters. The number of aromatic nitrogens is 1. The van der Waals surface area contributed by atoms with Gasteiger partial charge in [0.1, 0.15) is 0 Å². The number of aromatic carboxylic acids is 1. The second-order valence-corrected chi connectivity index (χ2v) is 7.05. The molecule has 1 aromatic heterocycles. The second kappa shape index (κ2) is 8.74. The summed E-state index contributed by atoms with van der Waals surface area (Å²) >= 11 is 0. The molecule has 1 atom stereocenters. The first kappa shape index (κ1) is 19.7. The molecule has 0 saturated heterocycles. The Morgan fingerprint density at radius 3 is 2.64 bits per heavy atom. The molecule has 0 fully saturated rings. The number of rotatable bonds is 8. The van der Waals surface area contributed by atoms with E-state index in [0.717, 1.165) is 48.0 Å². The SMILES string of the molecule is CCCCC(CC)C(=O)Nc1ccc2ccn(-c3cccc(C(=O)O)c3)c2c1. The van der Waals surface area contributed by atoms with Crippen molar-refractivity contribution < 1.29 is 14.7 Å². The van der Waals surface area contributed by atoms with Crippen LogP contribution in [0.5, 0.6) is 0 Å². The molecule has 5 nitrogen and oxygen atoms in total. The van der Waals surface area contributed by atoms with Gasteiger partial charge in [-0.3, -0.25) is 4.79 Å². The van der Waals surface area contributed by atoms with Crippen LogP contribution < -0.4 is 5.32 Å². The minimum atomic E-state index is -0.955. The minimum absolute atomic E-state index is 0.0229. The van der Waals surface area contributed by atoms with E-state index in [9.17, 15) is 14.7 Å². The lowest BCUT2D eigenvalue weighted by Crippen LogP contribution is -2.22. The number of carboxylic acid groups (broad SMARTS) is 1. The van der Waals surface area contributed by atoms with E-state index in [1.165, 1.54) is 0 Å². The molecule has 0 radical (unpaired) electrons. The summed E-state index contributed by atoms with van der Waals surface area (Å²) in [5.41, 5.74) is 2.68. The van der Waals surface area contributed by atoms with Crippen LogP contribution in [0.4, 0.5) is 5.69 Å². The van der Waals surface area contributed by atoms with Gasteiger partial charge in [0, 0.05) is 28.9 Å². The average molecular weight is 378 g/mol. The van der Waals surface area contributed by atoms with Gasteiger partial charge < -0.3 is 15.0 Å². The molecule has 1 amide bonds. The standard InChI is InChI=1S/C23H26N2O3/c1-3-5-7-16(4-2)22(26)24-19-11-10-17-12-13-25(21(17)15-19)20-9-6-8-18(14-20)23(27)28/h6,8-16H,3-5,7H2,1-2H3,(H,24,26)(H,27,28). The largest absolute Gasteiger partial charge is 0.478 e. The van der Waals surface area contributed by atoms with Crippen LogP contribution in [0.3, 0.4) is 0 Å². The number of unbranched alkanes of at least 4 members (excludes halogenated alkanes) is 1. The Labute approximate surface area is 165 Å². The zero-order chi connectivity index (χ0) is 20.1. The van der Waals surface area contributed by atoms with Crippen molar-refractivity contribution in [2.24, 2.45) is 5.92 Å². The first-order valence-corrected chi connectivity index (χ1v) is 9.79. The third-order valence-electron chi connectivity index (χ3n) is 5.10. The fourth-order valence-corrected chi connectivity index (χ4v) is 3.44. The van der Waals surface area contributed by atoms with Crippen LogP contribution >= 0.6 is 0 Å². The Bertz CT molecular complexity index is 990. The molecule has 0 spiro atoms. The summed E-state index contributed by atoms with van der Waals surface area (Å²) in [4.78, 5) is 23.9. The lowest BCUT2D eigenvalue weighted by atomic mass is 9.98. The number of nitrogens with zero attached hydrogens (tertiary/aromatic N) is 1. The van der Waals surface area contributed by atoms with Gasteiger partial charge in [-0.15, -0.1) is 0 Å². The number of benzene rings is 2. The molecule has 0 saturated carbocycles. The summed E-state index contributed by atoms with van der Waals surface area (Å²) in [7, 11) is 0. The highest BCUT2D eigenvalue weighted by atomic mass is 16.4. The van der Waals surface area contributed by atoms with Gasteiger partial charge in [0.05, 0.1) is 11.1 Å². The summed E-state index contributed by atoms with van der Waals surface area (Å²) in [5, 5.41) is 13.3. The van der Waals surface area contributed by atoms with Gasteiger partial charge in [0.25, 0.3) is 0 Å². The van der Waals surface area contributed by atoms with Crippen molar-refractivity contribution in [3.05, 3.63) is 60.3 Å². The van der Waals surface area contributed by atoms with Crippen molar-refractivity contribution in [3.8, 4) is 5.69 Å².